The molecule has 1 heterocycles. The van der Waals surface area contributed by atoms with E-state index < -0.39 is 5.97 Å². The molecule has 0 aromatic carbocycles. The number of aliphatic carboxylic acids is 1. The summed E-state index contributed by atoms with van der Waals surface area (Å²) in [6.45, 7) is 3.82. The lowest BCUT2D eigenvalue weighted by molar-refractivity contribution is -0.141. The van der Waals surface area contributed by atoms with Crippen LogP contribution in [0.3, 0.4) is 0 Å². The van der Waals surface area contributed by atoms with Crippen molar-refractivity contribution in [1.29, 1.82) is 0 Å². The molecule has 1 amide bonds. The molecule has 21 heavy (non-hydrogen) atoms. The molecular weight excluding hydrogens is 276 g/mol. The largest absolute Gasteiger partial charge is 0.481 e. The highest BCUT2D eigenvalue weighted by atomic mass is 16.5. The number of hydrogen-bond acceptors (Lipinski definition) is 5. The zero-order valence-corrected chi connectivity index (χ0v) is 12.6. The van der Waals surface area contributed by atoms with E-state index in [1.807, 2.05) is 6.92 Å². The van der Waals surface area contributed by atoms with Crippen LogP contribution in [-0.4, -0.2) is 35.3 Å². The number of carboxylic acid groups (broad SMARTS) is 1. The van der Waals surface area contributed by atoms with Gasteiger partial charge in [-0.25, -0.2) is 0 Å². The quantitative estimate of drug-likeness (QED) is 0.721. The van der Waals surface area contributed by atoms with Gasteiger partial charge >= 0.3 is 5.97 Å². The molecule has 7 nitrogen and oxygen atoms in total. The van der Waals surface area contributed by atoms with Crippen LogP contribution in [0.1, 0.15) is 49.4 Å². The Balaban J connectivity index is 2.34. The Hall–Kier alpha value is -1.89. The van der Waals surface area contributed by atoms with Crippen molar-refractivity contribution < 1.29 is 24.0 Å². The second kappa shape index (κ2) is 8.41. The van der Waals surface area contributed by atoms with Crippen LogP contribution < -0.4 is 5.32 Å². The number of nitrogens with one attached hydrogen (secondary N) is 1. The number of methoxy groups -OCH3 is 1. The summed E-state index contributed by atoms with van der Waals surface area (Å²) in [7, 11) is 1.53. The fourth-order valence-electron chi connectivity index (χ4n) is 1.85. The van der Waals surface area contributed by atoms with Gasteiger partial charge in [-0.2, -0.15) is 0 Å². The molecule has 1 aromatic rings. The lowest BCUT2D eigenvalue weighted by Crippen LogP contribution is -2.32. The predicted octanol–water partition coefficient (Wildman–Crippen LogP) is 1.83. The zero-order valence-electron chi connectivity index (χ0n) is 12.6. The van der Waals surface area contributed by atoms with Crippen LogP contribution in [-0.2, 0) is 16.1 Å². The number of aromatic nitrogens is 1. The van der Waals surface area contributed by atoms with E-state index >= 15 is 0 Å². The number of ether oxygens (including phenoxy) is 1. The van der Waals surface area contributed by atoms with Crippen LogP contribution in [0.25, 0.3) is 0 Å². The molecule has 1 aromatic heterocycles. The number of carbonyl (C=O) groups excluding carboxylic acids is 1. The third-order valence-corrected chi connectivity index (χ3v) is 3.15. The van der Waals surface area contributed by atoms with Gasteiger partial charge < -0.3 is 19.7 Å². The molecule has 0 radical (unpaired) electrons. The Morgan fingerprint density at radius 2 is 2.14 bits per heavy atom. The molecule has 0 fully saturated rings. The molecule has 2 N–H and O–H groups in total. The highest BCUT2D eigenvalue weighted by molar-refractivity contribution is 5.92. The van der Waals surface area contributed by atoms with Gasteiger partial charge in [-0.1, -0.05) is 18.5 Å². The molecule has 0 aliphatic heterocycles. The summed E-state index contributed by atoms with van der Waals surface area (Å²) in [4.78, 5) is 22.6. The minimum absolute atomic E-state index is 0.0546. The van der Waals surface area contributed by atoms with E-state index in [0.29, 0.717) is 18.6 Å². The molecule has 0 saturated heterocycles. The number of carbonyl (C=O) groups is 2. The third-order valence-electron chi connectivity index (χ3n) is 3.15. The second-order valence-corrected chi connectivity index (χ2v) is 5.16. The van der Waals surface area contributed by atoms with Crippen molar-refractivity contribution in [2.24, 2.45) is 5.92 Å². The maximum Gasteiger partial charge on any atom is 0.306 e. The van der Waals surface area contributed by atoms with Crippen molar-refractivity contribution in [3.63, 3.8) is 0 Å². The average Bonchev–Trinajstić information content (AvgIpc) is 2.87. The molecule has 7 heteroatoms. The first-order valence-electron chi connectivity index (χ1n) is 6.92. The van der Waals surface area contributed by atoms with Gasteiger partial charge in [-0.05, 0) is 19.8 Å². The number of rotatable bonds is 9. The molecule has 0 bridgehead atoms. The molecule has 0 spiro atoms. The molecule has 0 aliphatic carbocycles. The van der Waals surface area contributed by atoms with Crippen molar-refractivity contribution in [2.45, 2.75) is 45.8 Å². The van der Waals surface area contributed by atoms with E-state index in [1.54, 1.807) is 6.92 Å². The Morgan fingerprint density at radius 3 is 2.76 bits per heavy atom. The van der Waals surface area contributed by atoms with E-state index in [9.17, 15) is 9.59 Å². The Kier molecular flexibility index (Phi) is 6.87. The van der Waals surface area contributed by atoms with Crippen molar-refractivity contribution in [3.05, 3.63) is 17.5 Å². The predicted molar refractivity (Wildman–Crippen MR) is 74.8 cm³/mol. The zero-order chi connectivity index (χ0) is 15.8. The SMILES string of the molecule is COCc1cc(C(=O)NC(C)CCCC(C)C(=O)O)no1. The summed E-state index contributed by atoms with van der Waals surface area (Å²) in [5.41, 5.74) is 0.216. The monoisotopic (exact) mass is 298 g/mol. The lowest BCUT2D eigenvalue weighted by atomic mass is 10.0. The van der Waals surface area contributed by atoms with Crippen molar-refractivity contribution in [1.82, 2.24) is 10.5 Å². The van der Waals surface area contributed by atoms with Gasteiger partial charge in [0.05, 0.1) is 5.92 Å². The lowest BCUT2D eigenvalue weighted by Gasteiger charge is -2.13. The first kappa shape index (κ1) is 17.2. The average molecular weight is 298 g/mol. The summed E-state index contributed by atoms with van der Waals surface area (Å²) < 4.78 is 9.83. The van der Waals surface area contributed by atoms with Gasteiger partial charge in [0, 0.05) is 19.2 Å². The van der Waals surface area contributed by atoms with E-state index in [4.69, 9.17) is 14.4 Å². The molecular formula is C14H22N2O5. The van der Waals surface area contributed by atoms with Gasteiger partial charge in [0.15, 0.2) is 11.5 Å². The van der Waals surface area contributed by atoms with Gasteiger partial charge in [0.2, 0.25) is 0 Å². The highest BCUT2D eigenvalue weighted by Crippen LogP contribution is 2.10. The first-order valence-corrected chi connectivity index (χ1v) is 6.92. The fourth-order valence-corrected chi connectivity index (χ4v) is 1.85. The minimum atomic E-state index is -0.792. The fraction of sp³-hybridized carbons (Fsp3) is 0.643. The van der Waals surface area contributed by atoms with Crippen molar-refractivity contribution in [3.8, 4) is 0 Å². The van der Waals surface area contributed by atoms with Gasteiger partial charge in [0.1, 0.15) is 6.61 Å². The Bertz CT molecular complexity index is 472. The molecule has 2 atom stereocenters. The normalized spacial score (nSPS) is 13.7. The van der Waals surface area contributed by atoms with Crippen LogP contribution in [0, 0.1) is 5.92 Å². The summed E-state index contributed by atoms with van der Waals surface area (Å²) in [6, 6.07) is 1.49. The van der Waals surface area contributed by atoms with Crippen molar-refractivity contribution >= 4 is 11.9 Å². The Morgan fingerprint density at radius 1 is 1.43 bits per heavy atom. The standard InChI is InChI=1S/C14H22N2O5/c1-9(14(18)19)5-4-6-10(2)15-13(17)12-7-11(8-20-3)21-16-12/h7,9-10H,4-6,8H2,1-3H3,(H,15,17)(H,18,19). The summed E-state index contributed by atoms with van der Waals surface area (Å²) in [5.74, 6) is -0.967. The van der Waals surface area contributed by atoms with Gasteiger partial charge in [-0.15, -0.1) is 0 Å². The van der Waals surface area contributed by atoms with Crippen LogP contribution in [0.5, 0.6) is 0 Å². The molecule has 0 aliphatic rings. The maximum atomic E-state index is 11.9. The van der Waals surface area contributed by atoms with Gasteiger partial charge in [0.25, 0.3) is 5.91 Å². The first-order chi connectivity index (χ1) is 9.93. The van der Waals surface area contributed by atoms with Crippen LogP contribution >= 0.6 is 0 Å². The summed E-state index contributed by atoms with van der Waals surface area (Å²) in [5, 5.41) is 15.3. The highest BCUT2D eigenvalue weighted by Gasteiger charge is 2.16. The smallest absolute Gasteiger partial charge is 0.306 e. The maximum absolute atomic E-state index is 11.9. The van der Waals surface area contributed by atoms with Crippen LogP contribution in [0.2, 0.25) is 0 Å². The number of hydrogen-bond donors (Lipinski definition) is 2. The van der Waals surface area contributed by atoms with Gasteiger partial charge in [-0.3, -0.25) is 9.59 Å². The second-order valence-electron chi connectivity index (χ2n) is 5.16. The molecule has 2 unspecified atom stereocenters. The Labute approximate surface area is 123 Å². The number of amides is 1. The van der Waals surface area contributed by atoms with E-state index in [0.717, 1.165) is 6.42 Å². The van der Waals surface area contributed by atoms with E-state index in [2.05, 4.69) is 10.5 Å². The van der Waals surface area contributed by atoms with Crippen molar-refractivity contribution in [2.75, 3.05) is 7.11 Å². The third kappa shape index (κ3) is 5.95. The molecule has 1 rings (SSSR count). The van der Waals surface area contributed by atoms with E-state index in [-0.39, 0.29) is 30.2 Å². The topological polar surface area (TPSA) is 102 Å². The van der Waals surface area contributed by atoms with E-state index in [1.165, 1.54) is 13.2 Å². The molecule has 0 saturated carbocycles. The van der Waals surface area contributed by atoms with Crippen LogP contribution in [0.15, 0.2) is 10.6 Å². The minimum Gasteiger partial charge on any atom is -0.481 e. The molecule has 118 valence electrons. The number of carboxylic acids is 1. The summed E-state index contributed by atoms with van der Waals surface area (Å²) >= 11 is 0. The van der Waals surface area contributed by atoms with Crippen LogP contribution in [0.4, 0.5) is 0 Å². The summed E-state index contributed by atoms with van der Waals surface area (Å²) in [6.07, 6.45) is 2.05. The number of nitrogens with zero attached hydrogens (tertiary/aromatic N) is 1.